The molecule has 8 heteroatoms. The molecule has 0 saturated carbocycles. The van der Waals surface area contributed by atoms with Gasteiger partial charge in [-0.05, 0) is 44.9 Å². The van der Waals surface area contributed by atoms with Gasteiger partial charge < -0.3 is 13.9 Å². The summed E-state index contributed by atoms with van der Waals surface area (Å²) in [5.41, 5.74) is 2.54. The first kappa shape index (κ1) is 18.7. The third kappa shape index (κ3) is 4.19. The average molecular weight is 379 g/mol. The second-order valence-corrected chi connectivity index (χ2v) is 8.71. The van der Waals surface area contributed by atoms with Crippen molar-refractivity contribution in [2.75, 3.05) is 19.3 Å². The summed E-state index contributed by atoms with van der Waals surface area (Å²) in [6, 6.07) is 5.42. The Morgan fingerprint density at radius 3 is 2.81 bits per heavy atom. The lowest BCUT2D eigenvalue weighted by atomic mass is 10.1. The van der Waals surface area contributed by atoms with E-state index in [0.717, 1.165) is 36.2 Å². The van der Waals surface area contributed by atoms with Crippen LogP contribution in [0.1, 0.15) is 40.3 Å². The van der Waals surface area contributed by atoms with Crippen LogP contribution in [0.25, 0.3) is 0 Å². The molecule has 142 valence electrons. The number of rotatable bonds is 5. The number of hydrogen-bond acceptors (Lipinski definition) is 4. The summed E-state index contributed by atoms with van der Waals surface area (Å²) in [6.45, 7) is 5.52. The predicted octanol–water partition coefficient (Wildman–Crippen LogP) is 1.90. The van der Waals surface area contributed by atoms with Crippen LogP contribution in [0, 0.1) is 13.8 Å². The summed E-state index contributed by atoms with van der Waals surface area (Å²) in [7, 11) is -3.28. The zero-order chi connectivity index (χ0) is 18.9. The van der Waals surface area contributed by atoms with Gasteiger partial charge in [0.1, 0.15) is 5.76 Å². The Labute approximate surface area is 154 Å². The number of sulfonamides is 1. The van der Waals surface area contributed by atoms with Gasteiger partial charge in [-0.25, -0.2) is 13.1 Å². The van der Waals surface area contributed by atoms with E-state index in [-0.39, 0.29) is 11.9 Å². The van der Waals surface area contributed by atoms with E-state index in [9.17, 15) is 13.2 Å². The summed E-state index contributed by atoms with van der Waals surface area (Å²) in [5.74, 6) is 0.782. The summed E-state index contributed by atoms with van der Waals surface area (Å²) in [5, 5.41) is 0. The van der Waals surface area contributed by atoms with Crippen LogP contribution in [0.4, 0.5) is 0 Å². The van der Waals surface area contributed by atoms with Crippen LogP contribution in [-0.2, 0) is 16.6 Å². The quantitative estimate of drug-likeness (QED) is 0.860. The lowest BCUT2D eigenvalue weighted by Gasteiger charge is -2.32. The number of amides is 1. The van der Waals surface area contributed by atoms with Crippen LogP contribution in [0.3, 0.4) is 0 Å². The molecule has 0 radical (unpaired) electrons. The van der Waals surface area contributed by atoms with Gasteiger partial charge in [-0.1, -0.05) is 0 Å². The highest BCUT2D eigenvalue weighted by atomic mass is 32.2. The molecule has 0 aromatic carbocycles. The normalized spacial score (nSPS) is 18.3. The monoisotopic (exact) mass is 379 g/mol. The number of carbonyl (C=O) groups is 1. The Hall–Kier alpha value is -2.06. The van der Waals surface area contributed by atoms with E-state index in [1.165, 1.54) is 0 Å². The molecule has 3 rings (SSSR count). The van der Waals surface area contributed by atoms with Gasteiger partial charge in [0.15, 0.2) is 0 Å². The van der Waals surface area contributed by atoms with Gasteiger partial charge in [0.25, 0.3) is 5.91 Å². The Balaban J connectivity index is 1.77. The van der Waals surface area contributed by atoms with Crippen molar-refractivity contribution in [2.45, 2.75) is 39.3 Å². The fourth-order valence-corrected chi connectivity index (χ4v) is 4.35. The summed E-state index contributed by atoms with van der Waals surface area (Å²) in [4.78, 5) is 14.8. The molecular formula is C18H25N3O4S. The second kappa shape index (κ2) is 7.28. The smallest absolute Gasteiger partial charge is 0.255 e. The maximum atomic E-state index is 13.0. The number of carbonyl (C=O) groups excluding carboxylic acids is 1. The Morgan fingerprint density at radius 1 is 1.38 bits per heavy atom. The highest BCUT2D eigenvalue weighted by Crippen LogP contribution is 2.21. The molecule has 0 bridgehead atoms. The van der Waals surface area contributed by atoms with Gasteiger partial charge in [-0.3, -0.25) is 4.79 Å². The summed E-state index contributed by atoms with van der Waals surface area (Å²) in [6.07, 6.45) is 4.31. The molecule has 1 fully saturated rings. The van der Waals surface area contributed by atoms with Crippen molar-refractivity contribution in [1.82, 2.24) is 14.2 Å². The van der Waals surface area contributed by atoms with E-state index < -0.39 is 10.0 Å². The lowest BCUT2D eigenvalue weighted by Crippen LogP contribution is -2.49. The van der Waals surface area contributed by atoms with E-state index in [1.54, 1.807) is 11.2 Å². The molecule has 26 heavy (non-hydrogen) atoms. The van der Waals surface area contributed by atoms with Gasteiger partial charge in [0.2, 0.25) is 10.0 Å². The molecule has 1 atom stereocenters. The fourth-order valence-electron chi connectivity index (χ4n) is 3.55. The Morgan fingerprint density at radius 2 is 2.15 bits per heavy atom. The Bertz CT molecular complexity index is 884. The molecule has 2 aromatic rings. The summed E-state index contributed by atoms with van der Waals surface area (Å²) < 4.78 is 33.0. The van der Waals surface area contributed by atoms with Crippen molar-refractivity contribution in [3.63, 3.8) is 0 Å². The molecule has 0 aliphatic carbocycles. The van der Waals surface area contributed by atoms with Crippen LogP contribution >= 0.6 is 0 Å². The molecule has 3 heterocycles. The van der Waals surface area contributed by atoms with Crippen LogP contribution < -0.4 is 4.72 Å². The number of hydrogen-bond donors (Lipinski definition) is 1. The number of aryl methyl sites for hydroxylation is 1. The summed E-state index contributed by atoms with van der Waals surface area (Å²) >= 11 is 0. The third-order valence-electron chi connectivity index (χ3n) is 4.79. The molecule has 1 aliphatic heterocycles. The van der Waals surface area contributed by atoms with E-state index in [2.05, 4.69) is 9.29 Å². The highest BCUT2D eigenvalue weighted by Gasteiger charge is 2.28. The number of nitrogens with one attached hydrogen (secondary N) is 1. The van der Waals surface area contributed by atoms with E-state index in [0.29, 0.717) is 25.2 Å². The molecule has 1 N–H and O–H groups in total. The standard InChI is InChI=1S/C18H25N3O4S/c1-13-10-17(14(2)21(13)12-16-7-5-9-25-16)18(22)20-8-4-6-15(11-20)19-26(3,23)24/h5,7,9-10,15,19H,4,6,8,11-12H2,1-3H3/t15-/m1/s1. The zero-order valence-electron chi connectivity index (χ0n) is 15.4. The molecule has 1 amide bonds. The molecule has 0 unspecified atom stereocenters. The van der Waals surface area contributed by atoms with Gasteiger partial charge in [0.05, 0.1) is 24.6 Å². The topological polar surface area (TPSA) is 84.5 Å². The Kier molecular flexibility index (Phi) is 5.24. The predicted molar refractivity (Wildman–Crippen MR) is 98.6 cm³/mol. The molecular weight excluding hydrogens is 354 g/mol. The lowest BCUT2D eigenvalue weighted by molar-refractivity contribution is 0.0702. The molecule has 1 saturated heterocycles. The molecule has 7 nitrogen and oxygen atoms in total. The first-order valence-electron chi connectivity index (χ1n) is 8.70. The number of piperidine rings is 1. The number of likely N-dealkylation sites (tertiary alicyclic amines) is 1. The fraction of sp³-hybridized carbons (Fsp3) is 0.500. The minimum absolute atomic E-state index is 0.0520. The van der Waals surface area contributed by atoms with Crippen molar-refractivity contribution >= 4 is 15.9 Å². The van der Waals surface area contributed by atoms with E-state index in [1.807, 2.05) is 32.0 Å². The van der Waals surface area contributed by atoms with Crippen LogP contribution in [0.15, 0.2) is 28.9 Å². The van der Waals surface area contributed by atoms with Crippen molar-refractivity contribution in [3.05, 3.63) is 47.2 Å². The second-order valence-electron chi connectivity index (χ2n) is 6.93. The van der Waals surface area contributed by atoms with E-state index in [4.69, 9.17) is 4.42 Å². The molecule has 1 aliphatic rings. The van der Waals surface area contributed by atoms with Crippen molar-refractivity contribution in [2.24, 2.45) is 0 Å². The van der Waals surface area contributed by atoms with Gasteiger partial charge in [-0.2, -0.15) is 0 Å². The minimum atomic E-state index is -3.28. The first-order chi connectivity index (χ1) is 12.2. The van der Waals surface area contributed by atoms with Crippen LogP contribution in [0.5, 0.6) is 0 Å². The van der Waals surface area contributed by atoms with Crippen LogP contribution in [-0.4, -0.2) is 49.2 Å². The zero-order valence-corrected chi connectivity index (χ0v) is 16.2. The molecule has 0 spiro atoms. The highest BCUT2D eigenvalue weighted by molar-refractivity contribution is 7.88. The molecule has 2 aromatic heterocycles. The maximum absolute atomic E-state index is 13.0. The van der Waals surface area contributed by atoms with Crippen molar-refractivity contribution in [3.8, 4) is 0 Å². The number of aromatic nitrogens is 1. The largest absolute Gasteiger partial charge is 0.467 e. The first-order valence-corrected chi connectivity index (χ1v) is 10.6. The van der Waals surface area contributed by atoms with Crippen molar-refractivity contribution in [1.29, 1.82) is 0 Å². The number of furan rings is 1. The van der Waals surface area contributed by atoms with Gasteiger partial charge in [-0.15, -0.1) is 0 Å². The third-order valence-corrected chi connectivity index (χ3v) is 5.55. The average Bonchev–Trinajstić information content (AvgIpc) is 3.16. The minimum Gasteiger partial charge on any atom is -0.467 e. The maximum Gasteiger partial charge on any atom is 0.255 e. The number of nitrogens with zero attached hydrogens (tertiary/aromatic N) is 2. The SMILES string of the molecule is Cc1cc(C(=O)N2CCC[C@@H](NS(C)(=O)=O)C2)c(C)n1Cc1ccco1. The van der Waals surface area contributed by atoms with Gasteiger partial charge in [0, 0.05) is 30.5 Å². The van der Waals surface area contributed by atoms with Crippen LogP contribution in [0.2, 0.25) is 0 Å². The van der Waals surface area contributed by atoms with E-state index >= 15 is 0 Å². The van der Waals surface area contributed by atoms with Crippen molar-refractivity contribution < 1.29 is 17.6 Å². The van der Waals surface area contributed by atoms with Gasteiger partial charge >= 0.3 is 0 Å².